The molecule has 0 saturated carbocycles. The van der Waals surface area contributed by atoms with E-state index in [4.69, 9.17) is 0 Å². The van der Waals surface area contributed by atoms with Crippen LogP contribution in [0.25, 0.3) is 5.69 Å². The predicted octanol–water partition coefficient (Wildman–Crippen LogP) is 2.57. The van der Waals surface area contributed by atoms with Gasteiger partial charge in [0.2, 0.25) is 0 Å². The summed E-state index contributed by atoms with van der Waals surface area (Å²) in [6.45, 7) is 1.35. The molecule has 0 spiro atoms. The summed E-state index contributed by atoms with van der Waals surface area (Å²) in [6.07, 6.45) is -1.64. The highest BCUT2D eigenvalue weighted by atomic mass is 19.4. The summed E-state index contributed by atoms with van der Waals surface area (Å²) in [5.41, 5.74) is -0.821. The topological polar surface area (TPSA) is 88.5 Å². The van der Waals surface area contributed by atoms with Gasteiger partial charge >= 0.3 is 6.18 Å². The number of hydrogen-bond donors (Lipinski definition) is 2. The molecule has 1 aromatic carbocycles. The van der Waals surface area contributed by atoms with Crippen molar-refractivity contribution in [2.24, 2.45) is 0 Å². The Morgan fingerprint density at radius 2 is 2.12 bits per heavy atom. The zero-order valence-electron chi connectivity index (χ0n) is 12.3. The van der Waals surface area contributed by atoms with Gasteiger partial charge in [-0.1, -0.05) is 11.3 Å². The number of anilines is 1. The molecule has 0 aliphatic rings. The predicted molar refractivity (Wildman–Crippen MR) is 77.6 cm³/mol. The monoisotopic (exact) mass is 336 g/mol. The van der Waals surface area contributed by atoms with Crippen LogP contribution in [-0.4, -0.2) is 31.1 Å². The summed E-state index contributed by atoms with van der Waals surface area (Å²) in [5.74, 6) is -0.899. The van der Waals surface area contributed by atoms with Crippen molar-refractivity contribution in [3.05, 3.63) is 53.6 Å². The molecule has 0 fully saturated rings. The molecule has 7 nitrogen and oxygen atoms in total. The number of nitrogens with zero attached hydrogens (tertiary/aromatic N) is 4. The minimum absolute atomic E-state index is 0.0345. The van der Waals surface area contributed by atoms with E-state index in [1.165, 1.54) is 17.8 Å². The fraction of sp³-hybridized carbons (Fsp3) is 0.143. The van der Waals surface area contributed by atoms with E-state index in [1.54, 1.807) is 30.5 Å². The Bertz CT molecular complexity index is 869. The molecule has 1 amide bonds. The van der Waals surface area contributed by atoms with E-state index in [-0.39, 0.29) is 5.69 Å². The Balaban J connectivity index is 1.89. The fourth-order valence-electron chi connectivity index (χ4n) is 2.18. The summed E-state index contributed by atoms with van der Waals surface area (Å²) in [4.78, 5) is 12.3. The Kier molecular flexibility index (Phi) is 3.80. The third-order valence-corrected chi connectivity index (χ3v) is 3.23. The van der Waals surface area contributed by atoms with E-state index >= 15 is 0 Å². The van der Waals surface area contributed by atoms with Gasteiger partial charge < -0.3 is 5.32 Å². The summed E-state index contributed by atoms with van der Waals surface area (Å²) < 4.78 is 40.2. The summed E-state index contributed by atoms with van der Waals surface area (Å²) in [5, 5.41) is 15.3. The molecule has 10 heteroatoms. The number of carbonyl (C=O) groups excluding carboxylic acids is 1. The maximum atomic E-state index is 12.9. The number of benzene rings is 1. The Morgan fingerprint density at radius 1 is 1.33 bits per heavy atom. The van der Waals surface area contributed by atoms with Gasteiger partial charge in [-0.05, 0) is 25.1 Å². The van der Waals surface area contributed by atoms with Crippen molar-refractivity contribution < 1.29 is 18.0 Å². The zero-order valence-corrected chi connectivity index (χ0v) is 12.3. The Morgan fingerprint density at radius 3 is 2.79 bits per heavy atom. The van der Waals surface area contributed by atoms with E-state index in [2.05, 4.69) is 25.8 Å². The number of carbonyl (C=O) groups is 1. The average molecular weight is 336 g/mol. The van der Waals surface area contributed by atoms with E-state index in [1.807, 2.05) is 0 Å². The molecular weight excluding hydrogens is 325 g/mol. The van der Waals surface area contributed by atoms with Crippen molar-refractivity contribution in [3.8, 4) is 5.69 Å². The number of aromatic nitrogens is 5. The first kappa shape index (κ1) is 15.7. The molecule has 0 unspecified atom stereocenters. The number of amides is 1. The van der Waals surface area contributed by atoms with Crippen molar-refractivity contribution >= 4 is 11.6 Å². The lowest BCUT2D eigenvalue weighted by Gasteiger charge is -2.09. The second-order valence-corrected chi connectivity index (χ2v) is 4.92. The minimum atomic E-state index is -4.72. The van der Waals surface area contributed by atoms with Crippen LogP contribution in [-0.2, 0) is 6.18 Å². The van der Waals surface area contributed by atoms with Gasteiger partial charge in [0, 0.05) is 11.4 Å². The van der Waals surface area contributed by atoms with E-state index < -0.39 is 23.3 Å². The molecule has 0 radical (unpaired) electrons. The van der Waals surface area contributed by atoms with Crippen LogP contribution >= 0.6 is 0 Å². The number of rotatable bonds is 3. The smallest absolute Gasteiger partial charge is 0.322 e. The van der Waals surface area contributed by atoms with Crippen molar-refractivity contribution in [2.75, 3.05) is 5.32 Å². The summed E-state index contributed by atoms with van der Waals surface area (Å²) in [6, 6.07) is 6.48. The minimum Gasteiger partial charge on any atom is -0.322 e. The first-order valence-corrected chi connectivity index (χ1v) is 6.76. The molecule has 2 N–H and O–H groups in total. The van der Waals surface area contributed by atoms with Gasteiger partial charge in [-0.25, -0.2) is 4.68 Å². The van der Waals surface area contributed by atoms with Crippen LogP contribution in [0.15, 0.2) is 36.7 Å². The molecular formula is C14H11F3N6O. The average Bonchev–Trinajstić information content (AvgIpc) is 3.16. The van der Waals surface area contributed by atoms with Crippen molar-refractivity contribution in [1.29, 1.82) is 0 Å². The highest BCUT2D eigenvalue weighted by molar-refractivity contribution is 6.06. The summed E-state index contributed by atoms with van der Waals surface area (Å²) >= 11 is 0. The second kappa shape index (κ2) is 5.80. The number of aryl methyl sites for hydroxylation is 1. The number of H-pyrrole nitrogens is 1. The largest absolute Gasteiger partial charge is 0.435 e. The molecule has 24 heavy (non-hydrogen) atoms. The number of halogens is 3. The van der Waals surface area contributed by atoms with Crippen LogP contribution in [0, 0.1) is 6.92 Å². The van der Waals surface area contributed by atoms with Gasteiger partial charge in [-0.3, -0.25) is 9.89 Å². The van der Waals surface area contributed by atoms with Gasteiger partial charge in [0.1, 0.15) is 0 Å². The molecule has 0 aliphatic heterocycles. The Labute approximate surface area is 133 Å². The van der Waals surface area contributed by atoms with Gasteiger partial charge in [-0.2, -0.15) is 18.3 Å². The zero-order chi connectivity index (χ0) is 17.3. The van der Waals surface area contributed by atoms with Crippen molar-refractivity contribution in [2.45, 2.75) is 13.1 Å². The van der Waals surface area contributed by atoms with E-state index in [0.717, 1.165) is 0 Å². The molecule has 124 valence electrons. The molecule has 0 bridgehead atoms. The van der Waals surface area contributed by atoms with Crippen LogP contribution in [0.4, 0.5) is 18.9 Å². The number of nitrogens with one attached hydrogen (secondary N) is 2. The first-order chi connectivity index (χ1) is 11.4. The molecule has 0 atom stereocenters. The molecule has 3 rings (SSSR count). The SMILES string of the molecule is Cc1[nH]nc(C(F)(F)F)c1C(=O)Nc1cccc(-n2ccnn2)c1. The molecule has 2 heterocycles. The van der Waals surface area contributed by atoms with Crippen LogP contribution in [0.3, 0.4) is 0 Å². The normalized spacial score (nSPS) is 11.5. The lowest BCUT2D eigenvalue weighted by atomic mass is 10.1. The molecule has 0 aliphatic carbocycles. The third kappa shape index (κ3) is 2.98. The van der Waals surface area contributed by atoms with Crippen LogP contribution < -0.4 is 5.32 Å². The third-order valence-electron chi connectivity index (χ3n) is 3.23. The summed E-state index contributed by atoms with van der Waals surface area (Å²) in [7, 11) is 0. The highest BCUT2D eigenvalue weighted by Crippen LogP contribution is 2.31. The number of hydrogen-bond acceptors (Lipinski definition) is 4. The number of aromatic amines is 1. The Hall–Kier alpha value is -3.17. The maximum Gasteiger partial charge on any atom is 0.435 e. The van der Waals surface area contributed by atoms with Gasteiger partial charge in [0.15, 0.2) is 5.69 Å². The number of alkyl halides is 3. The quantitative estimate of drug-likeness (QED) is 0.769. The lowest BCUT2D eigenvalue weighted by molar-refractivity contribution is -0.141. The molecule has 0 saturated heterocycles. The van der Waals surface area contributed by atoms with Crippen LogP contribution in [0.5, 0.6) is 0 Å². The lowest BCUT2D eigenvalue weighted by Crippen LogP contribution is -2.18. The maximum absolute atomic E-state index is 12.9. The van der Waals surface area contributed by atoms with Crippen molar-refractivity contribution in [3.63, 3.8) is 0 Å². The van der Waals surface area contributed by atoms with Gasteiger partial charge in [0.05, 0.1) is 23.6 Å². The van der Waals surface area contributed by atoms with Crippen LogP contribution in [0.1, 0.15) is 21.7 Å². The van der Waals surface area contributed by atoms with Gasteiger partial charge in [-0.15, -0.1) is 5.10 Å². The fourth-order valence-corrected chi connectivity index (χ4v) is 2.18. The van der Waals surface area contributed by atoms with E-state index in [9.17, 15) is 18.0 Å². The highest BCUT2D eigenvalue weighted by Gasteiger charge is 2.39. The second-order valence-electron chi connectivity index (χ2n) is 4.92. The molecule has 3 aromatic rings. The first-order valence-electron chi connectivity index (χ1n) is 6.76. The van der Waals surface area contributed by atoms with Crippen molar-refractivity contribution in [1.82, 2.24) is 25.2 Å². The van der Waals surface area contributed by atoms with Crippen LogP contribution in [0.2, 0.25) is 0 Å². The van der Waals surface area contributed by atoms with E-state index in [0.29, 0.717) is 11.4 Å². The van der Waals surface area contributed by atoms with Gasteiger partial charge in [0.25, 0.3) is 5.91 Å². The standard InChI is InChI=1S/C14H11F3N6O/c1-8-11(12(21-20-8)14(15,16)17)13(24)19-9-3-2-4-10(7-9)23-6-5-18-22-23/h2-7H,1H3,(H,19,24)(H,20,21). The molecule has 2 aromatic heterocycles.